The molecule has 0 fully saturated rings. The number of benzene rings is 1. The first-order valence-electron chi connectivity index (χ1n) is 7.43. The highest BCUT2D eigenvalue weighted by Gasteiger charge is 2.30. The number of carbonyl (C=O) groups is 2. The van der Waals surface area contributed by atoms with Gasteiger partial charge in [-0.1, -0.05) is 12.1 Å². The first-order chi connectivity index (χ1) is 11.7. The number of hydrogen-bond acceptors (Lipinski definition) is 3. The van der Waals surface area contributed by atoms with Crippen LogP contribution >= 0.6 is 0 Å². The molecule has 1 aromatic heterocycles. The van der Waals surface area contributed by atoms with Gasteiger partial charge in [0.15, 0.2) is 0 Å². The fourth-order valence-corrected chi connectivity index (χ4v) is 1.99. The molecule has 132 valence electrons. The maximum absolute atomic E-state index is 12.7. The van der Waals surface area contributed by atoms with Gasteiger partial charge in [-0.15, -0.1) is 0 Å². The fraction of sp³-hybridized carbons (Fsp3) is 0.235. The van der Waals surface area contributed by atoms with Crippen molar-refractivity contribution >= 4 is 17.5 Å². The predicted octanol–water partition coefficient (Wildman–Crippen LogP) is 3.49. The number of alkyl halides is 3. The molecule has 0 unspecified atom stereocenters. The maximum atomic E-state index is 12.7. The zero-order valence-corrected chi connectivity index (χ0v) is 13.5. The first kappa shape index (κ1) is 18.4. The minimum absolute atomic E-state index is 0.0151. The van der Waals surface area contributed by atoms with Gasteiger partial charge in [-0.25, -0.2) is 4.98 Å². The van der Waals surface area contributed by atoms with E-state index < -0.39 is 23.6 Å². The van der Waals surface area contributed by atoms with Gasteiger partial charge in [-0.2, -0.15) is 13.2 Å². The van der Waals surface area contributed by atoms with Gasteiger partial charge in [0.05, 0.1) is 5.56 Å². The van der Waals surface area contributed by atoms with Crippen molar-refractivity contribution in [3.8, 4) is 0 Å². The van der Waals surface area contributed by atoms with Crippen molar-refractivity contribution in [1.29, 1.82) is 0 Å². The van der Waals surface area contributed by atoms with Gasteiger partial charge < -0.3 is 10.6 Å². The Morgan fingerprint density at radius 1 is 1.00 bits per heavy atom. The third-order valence-electron chi connectivity index (χ3n) is 3.08. The number of hydrogen-bond donors (Lipinski definition) is 2. The third-order valence-corrected chi connectivity index (χ3v) is 3.08. The highest BCUT2D eigenvalue weighted by atomic mass is 19.4. The number of rotatable bonds is 4. The topological polar surface area (TPSA) is 71.1 Å². The van der Waals surface area contributed by atoms with Crippen LogP contribution in [0.15, 0.2) is 42.5 Å². The molecule has 2 rings (SSSR count). The smallest absolute Gasteiger partial charge is 0.349 e. The van der Waals surface area contributed by atoms with Gasteiger partial charge >= 0.3 is 6.18 Å². The van der Waals surface area contributed by atoms with Crippen LogP contribution < -0.4 is 10.6 Å². The number of anilines is 1. The first-order valence-corrected chi connectivity index (χ1v) is 7.43. The number of pyridine rings is 1. The van der Waals surface area contributed by atoms with E-state index >= 15 is 0 Å². The summed E-state index contributed by atoms with van der Waals surface area (Å²) >= 11 is 0. The average molecular weight is 351 g/mol. The van der Waals surface area contributed by atoms with Gasteiger partial charge in [-0.3, -0.25) is 9.59 Å². The normalized spacial score (nSPS) is 11.3. The Bertz CT molecular complexity index is 789. The number of halogens is 3. The monoisotopic (exact) mass is 351 g/mol. The highest BCUT2D eigenvalue weighted by molar-refractivity contribution is 6.03. The zero-order chi connectivity index (χ0) is 18.6. The predicted molar refractivity (Wildman–Crippen MR) is 86.2 cm³/mol. The molecule has 0 aliphatic rings. The summed E-state index contributed by atoms with van der Waals surface area (Å²) < 4.78 is 38.1. The van der Waals surface area contributed by atoms with Crippen molar-refractivity contribution in [2.75, 3.05) is 5.32 Å². The molecule has 0 radical (unpaired) electrons. The number of nitrogens with one attached hydrogen (secondary N) is 2. The van der Waals surface area contributed by atoms with Crippen LogP contribution in [0.3, 0.4) is 0 Å². The van der Waals surface area contributed by atoms with Gasteiger partial charge in [0.1, 0.15) is 11.4 Å². The van der Waals surface area contributed by atoms with Crippen LogP contribution in [0, 0.1) is 0 Å². The van der Waals surface area contributed by atoms with E-state index in [1.807, 2.05) is 0 Å². The lowest BCUT2D eigenvalue weighted by atomic mass is 10.2. The molecule has 8 heteroatoms. The van der Waals surface area contributed by atoms with E-state index in [1.165, 1.54) is 30.3 Å². The largest absolute Gasteiger partial charge is 0.416 e. The van der Waals surface area contributed by atoms with E-state index in [0.717, 1.165) is 12.1 Å². The van der Waals surface area contributed by atoms with Crippen molar-refractivity contribution in [2.24, 2.45) is 0 Å². The Morgan fingerprint density at radius 3 is 2.20 bits per heavy atom. The molecule has 0 saturated heterocycles. The minimum atomic E-state index is -4.51. The zero-order valence-electron chi connectivity index (χ0n) is 13.5. The lowest BCUT2D eigenvalue weighted by molar-refractivity contribution is -0.137. The van der Waals surface area contributed by atoms with Crippen molar-refractivity contribution in [2.45, 2.75) is 26.1 Å². The molecule has 2 amide bonds. The minimum Gasteiger partial charge on any atom is -0.349 e. The van der Waals surface area contributed by atoms with E-state index in [-0.39, 0.29) is 23.1 Å². The average Bonchev–Trinajstić information content (AvgIpc) is 2.54. The quantitative estimate of drug-likeness (QED) is 0.886. The van der Waals surface area contributed by atoms with Crippen LogP contribution in [0.4, 0.5) is 18.9 Å². The molecule has 0 spiro atoms. The molecule has 1 aromatic carbocycles. The van der Waals surface area contributed by atoms with Crippen molar-refractivity contribution in [3.05, 3.63) is 59.4 Å². The molecule has 1 heterocycles. The van der Waals surface area contributed by atoms with E-state index in [0.29, 0.717) is 0 Å². The Hall–Kier alpha value is -2.90. The molecule has 0 aliphatic carbocycles. The number of aromatic nitrogens is 1. The third kappa shape index (κ3) is 5.03. The molecule has 0 bridgehead atoms. The lowest BCUT2D eigenvalue weighted by Crippen LogP contribution is -2.31. The van der Waals surface area contributed by atoms with Crippen molar-refractivity contribution in [3.63, 3.8) is 0 Å². The number of carbonyl (C=O) groups excluding carboxylic acids is 2. The van der Waals surface area contributed by atoms with Crippen LogP contribution in [-0.4, -0.2) is 22.8 Å². The van der Waals surface area contributed by atoms with Crippen LogP contribution in [0.25, 0.3) is 0 Å². The summed E-state index contributed by atoms with van der Waals surface area (Å²) in [5.41, 5.74) is -0.916. The SMILES string of the molecule is CC(C)NC(=O)c1cccc(C(=O)Nc2cccc(C(F)(F)F)c2)n1. The standard InChI is InChI=1S/C17H16F3N3O2/c1-10(2)21-15(24)13-7-4-8-14(23-13)16(25)22-12-6-3-5-11(9-12)17(18,19)20/h3-10H,1-2H3,(H,21,24)(H,22,25). The molecule has 5 nitrogen and oxygen atoms in total. The summed E-state index contributed by atoms with van der Waals surface area (Å²) in [7, 11) is 0. The summed E-state index contributed by atoms with van der Waals surface area (Å²) in [5, 5.41) is 4.99. The van der Waals surface area contributed by atoms with Crippen LogP contribution in [-0.2, 0) is 6.18 Å². The van der Waals surface area contributed by atoms with E-state index in [4.69, 9.17) is 0 Å². The second kappa shape index (κ2) is 7.33. The molecular weight excluding hydrogens is 335 g/mol. The van der Waals surface area contributed by atoms with Crippen molar-refractivity contribution < 1.29 is 22.8 Å². The Labute approximate surface area is 142 Å². The molecule has 0 atom stereocenters. The Kier molecular flexibility index (Phi) is 5.41. The van der Waals surface area contributed by atoms with Gasteiger partial charge in [0.2, 0.25) is 0 Å². The fourth-order valence-electron chi connectivity index (χ4n) is 1.99. The highest BCUT2D eigenvalue weighted by Crippen LogP contribution is 2.30. The number of nitrogens with zero attached hydrogens (tertiary/aromatic N) is 1. The van der Waals surface area contributed by atoms with E-state index in [2.05, 4.69) is 15.6 Å². The molecular formula is C17H16F3N3O2. The molecule has 2 N–H and O–H groups in total. The Balaban J connectivity index is 2.18. The summed E-state index contributed by atoms with van der Waals surface area (Å²) in [6.07, 6.45) is -4.51. The molecule has 25 heavy (non-hydrogen) atoms. The Morgan fingerprint density at radius 2 is 1.60 bits per heavy atom. The second-order valence-electron chi connectivity index (χ2n) is 5.57. The summed E-state index contributed by atoms with van der Waals surface area (Å²) in [6.45, 7) is 3.56. The summed E-state index contributed by atoms with van der Waals surface area (Å²) in [4.78, 5) is 28.0. The maximum Gasteiger partial charge on any atom is 0.416 e. The van der Waals surface area contributed by atoms with Gasteiger partial charge in [0, 0.05) is 11.7 Å². The molecule has 2 aromatic rings. The molecule has 0 aliphatic heterocycles. The number of amides is 2. The van der Waals surface area contributed by atoms with E-state index in [9.17, 15) is 22.8 Å². The van der Waals surface area contributed by atoms with Gasteiger partial charge in [-0.05, 0) is 44.2 Å². The van der Waals surface area contributed by atoms with Gasteiger partial charge in [0.25, 0.3) is 11.8 Å². The summed E-state index contributed by atoms with van der Waals surface area (Å²) in [6, 6.07) is 8.45. The van der Waals surface area contributed by atoms with Crippen LogP contribution in [0.1, 0.15) is 40.4 Å². The van der Waals surface area contributed by atoms with Crippen LogP contribution in [0.2, 0.25) is 0 Å². The summed E-state index contributed by atoms with van der Waals surface area (Å²) in [5.74, 6) is -1.15. The molecule has 0 saturated carbocycles. The lowest BCUT2D eigenvalue weighted by Gasteiger charge is -2.10. The van der Waals surface area contributed by atoms with E-state index in [1.54, 1.807) is 13.8 Å². The van der Waals surface area contributed by atoms with Crippen molar-refractivity contribution in [1.82, 2.24) is 10.3 Å². The van der Waals surface area contributed by atoms with Crippen LogP contribution in [0.5, 0.6) is 0 Å². The second-order valence-corrected chi connectivity index (χ2v) is 5.57.